The number of hydrogen-bond donors (Lipinski definition) is 1. The molecule has 0 spiro atoms. The highest BCUT2D eigenvalue weighted by molar-refractivity contribution is 7.99. The maximum atomic E-state index is 12.7. The van der Waals surface area contributed by atoms with Crippen molar-refractivity contribution < 1.29 is 9.53 Å². The third-order valence-corrected chi connectivity index (χ3v) is 9.06. The van der Waals surface area contributed by atoms with Crippen molar-refractivity contribution in [1.29, 1.82) is 0 Å². The molecule has 10 nitrogen and oxygen atoms in total. The van der Waals surface area contributed by atoms with E-state index in [9.17, 15) is 4.79 Å². The van der Waals surface area contributed by atoms with Gasteiger partial charge in [0.2, 0.25) is 16.9 Å². The van der Waals surface area contributed by atoms with Crippen molar-refractivity contribution in [3.05, 3.63) is 30.3 Å². The largest absolute Gasteiger partial charge is 0.473 e. The Kier molecular flexibility index (Phi) is 6.19. The lowest BCUT2D eigenvalue weighted by molar-refractivity contribution is -0.117. The first kappa shape index (κ1) is 23.3. The van der Waals surface area contributed by atoms with Crippen LogP contribution in [0.15, 0.2) is 40.4 Å². The minimum Gasteiger partial charge on any atom is -0.473 e. The van der Waals surface area contributed by atoms with Gasteiger partial charge in [-0.3, -0.25) is 14.6 Å². The molecule has 1 aromatic carbocycles. The van der Waals surface area contributed by atoms with E-state index in [0.717, 1.165) is 60.2 Å². The van der Waals surface area contributed by atoms with Crippen LogP contribution in [0.5, 0.6) is 5.88 Å². The van der Waals surface area contributed by atoms with Gasteiger partial charge in [-0.1, -0.05) is 11.3 Å². The van der Waals surface area contributed by atoms with Crippen molar-refractivity contribution in [2.45, 2.75) is 54.3 Å². The fourth-order valence-electron chi connectivity index (χ4n) is 4.75. The quantitative estimate of drug-likeness (QED) is 0.362. The number of carbonyl (C=O) groups excluding carboxylic acids is 1. The van der Waals surface area contributed by atoms with Crippen LogP contribution < -0.4 is 10.1 Å². The van der Waals surface area contributed by atoms with Gasteiger partial charge in [-0.15, -0.1) is 15.3 Å². The number of fused-ring (bicyclic) bond motifs is 2. The second-order valence-electron chi connectivity index (χ2n) is 9.94. The minimum atomic E-state index is -0.00513. The van der Waals surface area contributed by atoms with Gasteiger partial charge in [0.05, 0.1) is 16.8 Å². The molecule has 1 amide bonds. The maximum absolute atomic E-state index is 12.7. The number of benzene rings is 1. The molecule has 12 heteroatoms. The van der Waals surface area contributed by atoms with Crippen molar-refractivity contribution in [1.82, 2.24) is 34.6 Å². The van der Waals surface area contributed by atoms with Crippen molar-refractivity contribution in [3.8, 4) is 5.88 Å². The number of rotatable bonds is 8. The monoisotopic (exact) mass is 536 g/mol. The predicted octanol–water partition coefficient (Wildman–Crippen LogP) is 3.54. The number of anilines is 1. The van der Waals surface area contributed by atoms with E-state index in [1.165, 1.54) is 42.4 Å². The summed E-state index contributed by atoms with van der Waals surface area (Å²) in [5.74, 6) is 0.594. The van der Waals surface area contributed by atoms with Crippen molar-refractivity contribution in [2.24, 2.45) is 0 Å². The number of ether oxygens (including phenoxy) is 1. The van der Waals surface area contributed by atoms with Crippen LogP contribution >= 0.6 is 23.1 Å². The molecule has 1 N–H and O–H groups in total. The lowest BCUT2D eigenvalue weighted by Gasteiger charge is -2.34. The summed E-state index contributed by atoms with van der Waals surface area (Å²) in [6, 6.07) is 10.6. The smallest absolute Gasteiger partial charge is 0.240 e. The molecule has 2 saturated carbocycles. The molecule has 0 radical (unpaired) electrons. The lowest BCUT2D eigenvalue weighted by Crippen LogP contribution is -2.49. The maximum Gasteiger partial charge on any atom is 0.240 e. The Bertz CT molecular complexity index is 1440. The molecule has 0 atom stereocenters. The zero-order valence-corrected chi connectivity index (χ0v) is 22.0. The Labute approximate surface area is 222 Å². The normalized spacial score (nSPS) is 19.4. The van der Waals surface area contributed by atoms with E-state index in [4.69, 9.17) is 4.74 Å². The van der Waals surface area contributed by atoms with Crippen LogP contribution in [0.1, 0.15) is 32.1 Å². The topological polar surface area (TPSA) is 101 Å². The minimum absolute atomic E-state index is 0.00513. The molecule has 2 aliphatic carbocycles. The second-order valence-corrected chi connectivity index (χ2v) is 12.0. The first-order valence-electron chi connectivity index (χ1n) is 12.9. The van der Waals surface area contributed by atoms with Crippen LogP contribution in [0.2, 0.25) is 0 Å². The Hall–Kier alpha value is -2.80. The van der Waals surface area contributed by atoms with E-state index >= 15 is 0 Å². The summed E-state index contributed by atoms with van der Waals surface area (Å²) in [7, 11) is 0. The number of hydrogen-bond acceptors (Lipinski definition) is 10. The summed E-state index contributed by atoms with van der Waals surface area (Å²) in [6.45, 7) is 4.43. The number of nitrogens with zero attached hydrogens (tertiary/aromatic N) is 7. The summed E-state index contributed by atoms with van der Waals surface area (Å²) in [5.41, 5.74) is 1.55. The van der Waals surface area contributed by atoms with Crippen LogP contribution in [-0.2, 0) is 4.79 Å². The van der Waals surface area contributed by atoms with Crippen molar-refractivity contribution in [2.75, 3.05) is 38.0 Å². The number of nitrogens with one attached hydrogen (secondary N) is 1. The zero-order valence-electron chi connectivity index (χ0n) is 20.4. The summed E-state index contributed by atoms with van der Waals surface area (Å²) < 4.78 is 8.68. The van der Waals surface area contributed by atoms with E-state index in [-0.39, 0.29) is 12.0 Å². The van der Waals surface area contributed by atoms with E-state index < -0.39 is 0 Å². The van der Waals surface area contributed by atoms with Crippen molar-refractivity contribution in [3.63, 3.8) is 0 Å². The van der Waals surface area contributed by atoms with Gasteiger partial charge in [0, 0.05) is 43.2 Å². The molecule has 0 bridgehead atoms. The highest BCUT2D eigenvalue weighted by Gasteiger charge is 2.31. The average molecular weight is 537 g/mol. The molecule has 1 aliphatic heterocycles. The Morgan fingerprint density at radius 2 is 1.95 bits per heavy atom. The standard InChI is InChI=1S/C25H28N8O2S2/c34-22(15-31-10-12-32(13-11-31)16-4-5-16)27-24-26-19-7-6-18(14-20(19)37-24)36-25-29-28-21-8-9-23(30-33(21)25)35-17-2-1-3-17/h6-9,14,16-17H,1-5,10-13,15H2,(H,26,27,34). The molecule has 3 aliphatic rings. The molecule has 4 aromatic rings. The Balaban J connectivity index is 1.00. The molecule has 192 valence electrons. The molecule has 1 saturated heterocycles. The van der Waals surface area contributed by atoms with Gasteiger partial charge >= 0.3 is 0 Å². The molecule has 37 heavy (non-hydrogen) atoms. The third-order valence-electron chi connectivity index (χ3n) is 7.20. The zero-order chi connectivity index (χ0) is 24.8. The highest BCUT2D eigenvalue weighted by atomic mass is 32.2. The van der Waals surface area contributed by atoms with Gasteiger partial charge in [-0.2, -0.15) is 4.52 Å². The van der Waals surface area contributed by atoms with E-state index in [1.807, 2.05) is 24.3 Å². The van der Waals surface area contributed by atoms with Crippen LogP contribution in [-0.4, -0.2) is 85.4 Å². The van der Waals surface area contributed by atoms with Gasteiger partial charge in [-0.05, 0) is 68.1 Å². The van der Waals surface area contributed by atoms with Crippen LogP contribution in [0, 0.1) is 0 Å². The number of aromatic nitrogens is 5. The fraction of sp³-hybridized carbons (Fsp3) is 0.480. The molecule has 3 fully saturated rings. The first-order chi connectivity index (χ1) is 18.2. The number of piperazine rings is 1. The van der Waals surface area contributed by atoms with E-state index in [1.54, 1.807) is 4.52 Å². The van der Waals surface area contributed by atoms with Crippen molar-refractivity contribution >= 4 is 50.0 Å². The van der Waals surface area contributed by atoms with Gasteiger partial charge in [-0.25, -0.2) is 4.98 Å². The summed E-state index contributed by atoms with van der Waals surface area (Å²) in [6.07, 6.45) is 6.31. The highest BCUT2D eigenvalue weighted by Crippen LogP contribution is 2.33. The van der Waals surface area contributed by atoms with Gasteiger partial charge in [0.15, 0.2) is 10.8 Å². The molecular formula is C25H28N8O2S2. The molecule has 4 heterocycles. The average Bonchev–Trinajstić information content (AvgIpc) is 3.54. The van der Waals surface area contributed by atoms with Crippen LogP contribution in [0.25, 0.3) is 15.9 Å². The molecule has 7 rings (SSSR count). The number of amides is 1. The van der Waals surface area contributed by atoms with E-state index in [2.05, 4.69) is 41.5 Å². The summed E-state index contributed by atoms with van der Waals surface area (Å²) in [5, 5.41) is 17.5. The third kappa shape index (κ3) is 5.15. The fourth-order valence-corrected chi connectivity index (χ4v) is 6.58. The lowest BCUT2D eigenvalue weighted by atomic mass is 9.96. The Morgan fingerprint density at radius 1 is 1.08 bits per heavy atom. The van der Waals surface area contributed by atoms with E-state index in [0.29, 0.717) is 28.4 Å². The Morgan fingerprint density at radius 3 is 2.73 bits per heavy atom. The SMILES string of the molecule is O=C(CN1CCN(C2CC2)CC1)Nc1nc2ccc(Sc3nnc4ccc(OC5CCC5)nn34)cc2s1. The number of carbonyl (C=O) groups is 1. The first-order valence-corrected chi connectivity index (χ1v) is 14.5. The summed E-state index contributed by atoms with van der Waals surface area (Å²) in [4.78, 5) is 23.1. The van der Waals surface area contributed by atoms with Crippen LogP contribution in [0.4, 0.5) is 5.13 Å². The molecule has 0 unspecified atom stereocenters. The van der Waals surface area contributed by atoms with Crippen LogP contribution in [0.3, 0.4) is 0 Å². The van der Waals surface area contributed by atoms with Gasteiger partial charge < -0.3 is 10.1 Å². The predicted molar refractivity (Wildman–Crippen MR) is 142 cm³/mol. The van der Waals surface area contributed by atoms with Gasteiger partial charge in [0.25, 0.3) is 0 Å². The number of thiazole rings is 1. The second kappa shape index (κ2) is 9.82. The molecular weight excluding hydrogens is 508 g/mol. The summed E-state index contributed by atoms with van der Waals surface area (Å²) >= 11 is 2.98. The molecule has 3 aromatic heterocycles. The van der Waals surface area contributed by atoms with Gasteiger partial charge in [0.1, 0.15) is 6.10 Å².